The molecule has 0 amide bonds. The van der Waals surface area contributed by atoms with E-state index in [0.29, 0.717) is 23.1 Å². The van der Waals surface area contributed by atoms with E-state index in [1.165, 1.54) is 34.6 Å². The molecule has 0 saturated carbocycles. The number of aromatic nitrogens is 2. The molecule has 0 spiro atoms. The van der Waals surface area contributed by atoms with Gasteiger partial charge in [-0.15, -0.1) is 22.7 Å². The van der Waals surface area contributed by atoms with E-state index < -0.39 is 0 Å². The van der Waals surface area contributed by atoms with Gasteiger partial charge in [0.25, 0.3) is 5.56 Å². The molecule has 21 heavy (non-hydrogen) atoms. The van der Waals surface area contributed by atoms with Crippen LogP contribution >= 0.6 is 22.7 Å². The van der Waals surface area contributed by atoms with E-state index in [9.17, 15) is 4.79 Å². The minimum atomic E-state index is -0.0355. The fourth-order valence-corrected chi connectivity index (χ4v) is 4.64. The van der Waals surface area contributed by atoms with E-state index in [4.69, 9.17) is 0 Å². The fraction of sp³-hybridized carbons (Fsp3) is 0.333. The summed E-state index contributed by atoms with van der Waals surface area (Å²) in [5, 5.41) is 7.62. The van der Waals surface area contributed by atoms with Gasteiger partial charge in [0.2, 0.25) is 0 Å². The van der Waals surface area contributed by atoms with E-state index in [-0.39, 0.29) is 5.56 Å². The molecule has 3 aromatic heterocycles. The van der Waals surface area contributed by atoms with Crippen molar-refractivity contribution in [1.29, 1.82) is 0 Å². The monoisotopic (exact) mass is 317 g/mol. The van der Waals surface area contributed by atoms with Gasteiger partial charge in [0, 0.05) is 10.9 Å². The minimum absolute atomic E-state index is 0.0355. The number of nitrogens with one attached hydrogen (secondary N) is 2. The summed E-state index contributed by atoms with van der Waals surface area (Å²) in [6.07, 6.45) is 3.56. The van der Waals surface area contributed by atoms with Gasteiger partial charge in [-0.3, -0.25) is 4.79 Å². The van der Waals surface area contributed by atoms with Gasteiger partial charge in [0.15, 0.2) is 0 Å². The minimum Gasteiger partial charge on any atom is -0.308 e. The first-order chi connectivity index (χ1) is 10.3. The molecule has 1 atom stereocenters. The van der Waals surface area contributed by atoms with Crippen LogP contribution in [0.1, 0.15) is 35.1 Å². The molecule has 108 valence electrons. The number of fused-ring (bicyclic) bond motifs is 2. The van der Waals surface area contributed by atoms with Crippen molar-refractivity contribution < 1.29 is 0 Å². The van der Waals surface area contributed by atoms with Gasteiger partial charge in [-0.1, -0.05) is 0 Å². The summed E-state index contributed by atoms with van der Waals surface area (Å²) in [7, 11) is 0. The number of aryl methyl sites for hydroxylation is 1. The van der Waals surface area contributed by atoms with Gasteiger partial charge < -0.3 is 10.3 Å². The number of thiophene rings is 2. The summed E-state index contributed by atoms with van der Waals surface area (Å²) < 4.78 is 0.705. The molecule has 0 aromatic carbocycles. The van der Waals surface area contributed by atoms with Crippen molar-refractivity contribution in [2.24, 2.45) is 0 Å². The molecule has 4 nitrogen and oxygen atoms in total. The van der Waals surface area contributed by atoms with Crippen molar-refractivity contribution in [2.75, 3.05) is 0 Å². The van der Waals surface area contributed by atoms with Crippen molar-refractivity contribution >= 4 is 32.9 Å². The van der Waals surface area contributed by atoms with Gasteiger partial charge in [-0.05, 0) is 47.7 Å². The second-order valence-corrected chi connectivity index (χ2v) is 7.19. The Bertz CT molecular complexity index is 833. The average Bonchev–Trinajstić information content (AvgIpc) is 3.13. The van der Waals surface area contributed by atoms with Crippen molar-refractivity contribution in [3.05, 3.63) is 49.5 Å². The zero-order chi connectivity index (χ0) is 14.2. The van der Waals surface area contributed by atoms with Crippen molar-refractivity contribution in [2.45, 2.75) is 31.8 Å². The summed E-state index contributed by atoms with van der Waals surface area (Å²) in [6, 6.07) is 4.49. The average molecular weight is 317 g/mol. The molecule has 0 radical (unpaired) electrons. The predicted octanol–water partition coefficient (Wildman–Crippen LogP) is 3.21. The molecule has 0 bridgehead atoms. The number of nitrogens with zero attached hydrogens (tertiary/aromatic N) is 1. The fourth-order valence-electron chi connectivity index (χ4n) is 2.92. The van der Waals surface area contributed by atoms with E-state index in [2.05, 4.69) is 26.7 Å². The second kappa shape index (κ2) is 5.36. The molecule has 4 rings (SSSR count). The Balaban J connectivity index is 1.55. The lowest BCUT2D eigenvalue weighted by Gasteiger charge is -2.23. The Hall–Kier alpha value is -1.50. The van der Waals surface area contributed by atoms with Crippen LogP contribution in [-0.4, -0.2) is 9.97 Å². The van der Waals surface area contributed by atoms with E-state index in [0.717, 1.165) is 11.9 Å². The zero-order valence-corrected chi connectivity index (χ0v) is 13.0. The van der Waals surface area contributed by atoms with Crippen LogP contribution in [0, 0.1) is 0 Å². The molecule has 1 unspecified atom stereocenters. The molecule has 3 aromatic rings. The van der Waals surface area contributed by atoms with Crippen molar-refractivity contribution in [3.63, 3.8) is 0 Å². The number of hydrogen-bond donors (Lipinski definition) is 2. The molecule has 3 heterocycles. The highest BCUT2D eigenvalue weighted by atomic mass is 32.1. The lowest BCUT2D eigenvalue weighted by molar-refractivity contribution is 0.457. The Kier molecular flexibility index (Phi) is 3.37. The highest BCUT2D eigenvalue weighted by Gasteiger charge is 2.20. The largest absolute Gasteiger partial charge is 0.308 e. The molecule has 0 aliphatic heterocycles. The maximum atomic E-state index is 12.0. The third-order valence-corrected chi connectivity index (χ3v) is 5.83. The van der Waals surface area contributed by atoms with E-state index in [1.54, 1.807) is 0 Å². The smallest absolute Gasteiger partial charge is 0.268 e. The summed E-state index contributed by atoms with van der Waals surface area (Å²) >= 11 is 3.28. The molecular weight excluding hydrogens is 302 g/mol. The zero-order valence-electron chi connectivity index (χ0n) is 11.4. The van der Waals surface area contributed by atoms with Gasteiger partial charge in [-0.25, -0.2) is 4.98 Å². The normalized spacial score (nSPS) is 18.0. The molecular formula is C15H15N3OS2. The standard InChI is InChI=1S/C15H15N3OS2/c19-15-14-11(5-7-21-14)17-13(18-15)8-16-10-2-1-3-12-9(10)4-6-20-12/h4-7,10,16H,1-3,8H2,(H,17,18,19). The Morgan fingerprint density at radius 3 is 3.19 bits per heavy atom. The summed E-state index contributed by atoms with van der Waals surface area (Å²) in [5.74, 6) is 0.716. The van der Waals surface area contributed by atoms with Crippen LogP contribution in [0.5, 0.6) is 0 Å². The first kappa shape index (κ1) is 13.2. The third-order valence-electron chi connectivity index (χ3n) is 3.93. The molecule has 1 aliphatic carbocycles. The van der Waals surface area contributed by atoms with Crippen LogP contribution in [-0.2, 0) is 13.0 Å². The summed E-state index contributed by atoms with van der Waals surface area (Å²) in [4.78, 5) is 20.8. The number of rotatable bonds is 3. The maximum absolute atomic E-state index is 12.0. The Labute approximate surface area is 129 Å². The van der Waals surface area contributed by atoms with Crippen LogP contribution in [0.4, 0.5) is 0 Å². The van der Waals surface area contributed by atoms with Crippen LogP contribution in [0.3, 0.4) is 0 Å². The maximum Gasteiger partial charge on any atom is 0.268 e. The second-order valence-electron chi connectivity index (χ2n) is 5.27. The summed E-state index contributed by atoms with van der Waals surface area (Å²) in [6.45, 7) is 0.598. The Morgan fingerprint density at radius 2 is 2.24 bits per heavy atom. The highest BCUT2D eigenvalue weighted by Crippen LogP contribution is 2.33. The molecule has 0 saturated heterocycles. The third kappa shape index (κ3) is 2.43. The lowest BCUT2D eigenvalue weighted by Crippen LogP contribution is -2.26. The molecule has 6 heteroatoms. The molecule has 1 aliphatic rings. The van der Waals surface area contributed by atoms with Gasteiger partial charge in [0.05, 0.1) is 12.1 Å². The lowest BCUT2D eigenvalue weighted by atomic mass is 9.94. The summed E-state index contributed by atoms with van der Waals surface area (Å²) in [5.41, 5.74) is 2.18. The molecule has 0 fully saturated rings. The topological polar surface area (TPSA) is 57.8 Å². The SMILES string of the molecule is O=c1[nH]c(CNC2CCCc3sccc32)nc2ccsc12. The Morgan fingerprint density at radius 1 is 1.33 bits per heavy atom. The van der Waals surface area contributed by atoms with E-state index >= 15 is 0 Å². The van der Waals surface area contributed by atoms with Crippen molar-refractivity contribution in [1.82, 2.24) is 15.3 Å². The molecule has 2 N–H and O–H groups in total. The van der Waals surface area contributed by atoms with E-state index in [1.807, 2.05) is 22.8 Å². The van der Waals surface area contributed by atoms with Crippen LogP contribution < -0.4 is 10.9 Å². The van der Waals surface area contributed by atoms with Gasteiger partial charge in [0.1, 0.15) is 10.5 Å². The number of H-pyrrole nitrogens is 1. The highest BCUT2D eigenvalue weighted by molar-refractivity contribution is 7.17. The quantitative estimate of drug-likeness (QED) is 0.780. The van der Waals surface area contributed by atoms with Crippen LogP contribution in [0.25, 0.3) is 10.2 Å². The van der Waals surface area contributed by atoms with Crippen molar-refractivity contribution in [3.8, 4) is 0 Å². The van der Waals surface area contributed by atoms with Crippen LogP contribution in [0.15, 0.2) is 27.7 Å². The predicted molar refractivity (Wildman–Crippen MR) is 87.1 cm³/mol. The first-order valence-corrected chi connectivity index (χ1v) is 8.83. The van der Waals surface area contributed by atoms with Gasteiger partial charge in [-0.2, -0.15) is 0 Å². The number of hydrogen-bond acceptors (Lipinski definition) is 5. The first-order valence-electron chi connectivity index (χ1n) is 7.07. The number of aromatic amines is 1. The van der Waals surface area contributed by atoms with Crippen LogP contribution in [0.2, 0.25) is 0 Å². The van der Waals surface area contributed by atoms with Gasteiger partial charge >= 0.3 is 0 Å².